The molecule has 162 valence electrons. The minimum atomic E-state index is -3.64. The second kappa shape index (κ2) is 10.5. The zero-order chi connectivity index (χ0) is 22.3. The lowest BCUT2D eigenvalue weighted by atomic mass is 10.1. The predicted octanol–water partition coefficient (Wildman–Crippen LogP) is 5.16. The van der Waals surface area contributed by atoms with E-state index in [1.807, 2.05) is 48.5 Å². The van der Waals surface area contributed by atoms with E-state index in [4.69, 9.17) is 0 Å². The van der Waals surface area contributed by atoms with Gasteiger partial charge in [0.05, 0.1) is 11.9 Å². The van der Waals surface area contributed by atoms with Crippen molar-refractivity contribution in [3.05, 3.63) is 90.5 Å². The maximum absolute atomic E-state index is 13.0. The Balaban J connectivity index is 1.69. The first kappa shape index (κ1) is 22.9. The van der Waals surface area contributed by atoms with Gasteiger partial charge in [0.1, 0.15) is 6.04 Å². The molecule has 7 heteroatoms. The number of amides is 1. The van der Waals surface area contributed by atoms with Crippen LogP contribution in [0.4, 0.5) is 11.4 Å². The maximum Gasteiger partial charge on any atom is 0.248 e. The fraction of sp³-hybridized carbons (Fsp3) is 0.208. The summed E-state index contributed by atoms with van der Waals surface area (Å²) in [5.41, 5.74) is 2.25. The number of benzene rings is 3. The SMILES string of the molecule is CCC(C(=O)Nc1ccc(CSc2ccccc2)cc1)N(c1ccccc1)S(C)(=O)=O. The second-order valence-corrected chi connectivity index (χ2v) is 10.0. The third-order valence-corrected chi connectivity index (χ3v) is 6.97. The predicted molar refractivity (Wildman–Crippen MR) is 129 cm³/mol. The van der Waals surface area contributed by atoms with Crippen molar-refractivity contribution in [2.75, 3.05) is 15.9 Å². The van der Waals surface area contributed by atoms with Crippen molar-refractivity contribution in [3.8, 4) is 0 Å². The summed E-state index contributed by atoms with van der Waals surface area (Å²) in [5, 5.41) is 2.86. The van der Waals surface area contributed by atoms with Crippen LogP contribution in [0.15, 0.2) is 89.8 Å². The van der Waals surface area contributed by atoms with Crippen molar-refractivity contribution in [1.29, 1.82) is 0 Å². The van der Waals surface area contributed by atoms with Crippen molar-refractivity contribution in [2.45, 2.75) is 30.0 Å². The summed E-state index contributed by atoms with van der Waals surface area (Å²) in [5.74, 6) is 0.467. The molecule has 31 heavy (non-hydrogen) atoms. The Morgan fingerprint density at radius 2 is 1.52 bits per heavy atom. The molecule has 0 aliphatic carbocycles. The topological polar surface area (TPSA) is 66.5 Å². The molecule has 0 aromatic heterocycles. The summed E-state index contributed by atoms with van der Waals surface area (Å²) < 4.78 is 26.1. The molecule has 0 spiro atoms. The molecule has 0 fully saturated rings. The van der Waals surface area contributed by atoms with Crippen molar-refractivity contribution in [1.82, 2.24) is 0 Å². The number of hydrogen-bond donors (Lipinski definition) is 1. The van der Waals surface area contributed by atoms with E-state index < -0.39 is 16.1 Å². The number of hydrogen-bond acceptors (Lipinski definition) is 4. The standard InChI is InChI=1S/C24H26N2O3S2/c1-3-23(26(31(2,28)29)21-10-6-4-7-11-21)24(27)25-20-16-14-19(15-17-20)18-30-22-12-8-5-9-13-22/h4-17,23H,3,18H2,1-2H3,(H,25,27). The number of sulfonamides is 1. The molecule has 5 nitrogen and oxygen atoms in total. The Morgan fingerprint density at radius 3 is 2.06 bits per heavy atom. The Kier molecular flexibility index (Phi) is 7.76. The van der Waals surface area contributed by atoms with Crippen LogP contribution in [0.2, 0.25) is 0 Å². The van der Waals surface area contributed by atoms with Crippen LogP contribution in [0.1, 0.15) is 18.9 Å². The van der Waals surface area contributed by atoms with Crippen molar-refractivity contribution < 1.29 is 13.2 Å². The number of para-hydroxylation sites is 1. The van der Waals surface area contributed by atoms with Gasteiger partial charge in [-0.3, -0.25) is 9.10 Å². The molecule has 0 heterocycles. The van der Waals surface area contributed by atoms with E-state index in [2.05, 4.69) is 17.4 Å². The quantitative estimate of drug-likeness (QED) is 0.454. The van der Waals surface area contributed by atoms with Crippen LogP contribution in [-0.4, -0.2) is 26.6 Å². The molecular formula is C24H26N2O3S2. The fourth-order valence-electron chi connectivity index (χ4n) is 3.23. The first-order valence-electron chi connectivity index (χ1n) is 10.0. The molecule has 3 aromatic rings. The Labute approximate surface area is 188 Å². The summed E-state index contributed by atoms with van der Waals surface area (Å²) in [6.07, 6.45) is 1.47. The van der Waals surface area contributed by atoms with E-state index in [1.165, 1.54) is 9.20 Å². The summed E-state index contributed by atoms with van der Waals surface area (Å²) >= 11 is 1.75. The maximum atomic E-state index is 13.0. The van der Waals surface area contributed by atoms with Crippen LogP contribution in [-0.2, 0) is 20.6 Å². The average Bonchev–Trinajstić information content (AvgIpc) is 2.77. The van der Waals surface area contributed by atoms with Gasteiger partial charge in [-0.25, -0.2) is 8.42 Å². The summed E-state index contributed by atoms with van der Waals surface area (Å²) in [6, 6.07) is 25.7. The first-order chi connectivity index (χ1) is 14.9. The van der Waals surface area contributed by atoms with Crippen LogP contribution in [0.5, 0.6) is 0 Å². The molecule has 0 radical (unpaired) electrons. The summed E-state index contributed by atoms with van der Waals surface area (Å²) in [7, 11) is -3.64. The van der Waals surface area contributed by atoms with Gasteiger partial charge in [0.15, 0.2) is 0 Å². The zero-order valence-electron chi connectivity index (χ0n) is 17.6. The largest absolute Gasteiger partial charge is 0.324 e. The van der Waals surface area contributed by atoms with Crippen LogP contribution < -0.4 is 9.62 Å². The van der Waals surface area contributed by atoms with Gasteiger partial charge in [-0.1, -0.05) is 55.5 Å². The summed E-state index contributed by atoms with van der Waals surface area (Å²) in [4.78, 5) is 14.2. The number of thioether (sulfide) groups is 1. The van der Waals surface area contributed by atoms with Gasteiger partial charge in [-0.05, 0) is 48.4 Å². The van der Waals surface area contributed by atoms with Gasteiger partial charge in [0, 0.05) is 16.3 Å². The molecule has 1 N–H and O–H groups in total. The molecule has 3 aromatic carbocycles. The first-order valence-corrected chi connectivity index (χ1v) is 12.8. The lowest BCUT2D eigenvalue weighted by molar-refractivity contribution is -0.117. The van der Waals surface area contributed by atoms with E-state index >= 15 is 0 Å². The molecule has 1 atom stereocenters. The highest BCUT2D eigenvalue weighted by Crippen LogP contribution is 2.25. The van der Waals surface area contributed by atoms with Gasteiger partial charge in [0.2, 0.25) is 15.9 Å². The van der Waals surface area contributed by atoms with Crippen molar-refractivity contribution in [3.63, 3.8) is 0 Å². The van der Waals surface area contributed by atoms with E-state index in [0.29, 0.717) is 17.8 Å². The monoisotopic (exact) mass is 454 g/mol. The highest BCUT2D eigenvalue weighted by Gasteiger charge is 2.31. The molecule has 0 aliphatic rings. The molecule has 0 saturated carbocycles. The van der Waals surface area contributed by atoms with E-state index in [-0.39, 0.29) is 5.91 Å². The lowest BCUT2D eigenvalue weighted by Crippen LogP contribution is -2.46. The second-order valence-electron chi connectivity index (χ2n) is 7.11. The van der Waals surface area contributed by atoms with Crippen molar-refractivity contribution in [2.24, 2.45) is 0 Å². The third kappa shape index (κ3) is 6.35. The van der Waals surface area contributed by atoms with Crippen LogP contribution in [0, 0.1) is 0 Å². The Bertz CT molecular complexity index is 1090. The number of nitrogens with zero attached hydrogens (tertiary/aromatic N) is 1. The van der Waals surface area contributed by atoms with Gasteiger partial charge in [-0.2, -0.15) is 0 Å². The van der Waals surface area contributed by atoms with E-state index in [0.717, 1.165) is 17.6 Å². The van der Waals surface area contributed by atoms with Gasteiger partial charge >= 0.3 is 0 Å². The molecule has 0 aliphatic heterocycles. The van der Waals surface area contributed by atoms with Crippen LogP contribution >= 0.6 is 11.8 Å². The number of anilines is 2. The third-order valence-electron chi connectivity index (χ3n) is 4.71. The number of carbonyl (C=O) groups is 1. The smallest absolute Gasteiger partial charge is 0.248 e. The van der Waals surface area contributed by atoms with Crippen LogP contribution in [0.3, 0.4) is 0 Å². The minimum absolute atomic E-state index is 0.347. The molecular weight excluding hydrogens is 428 g/mol. The highest BCUT2D eigenvalue weighted by molar-refractivity contribution is 7.98. The normalized spacial score (nSPS) is 12.2. The minimum Gasteiger partial charge on any atom is -0.324 e. The Hall–Kier alpha value is -2.77. The van der Waals surface area contributed by atoms with E-state index in [1.54, 1.807) is 43.0 Å². The average molecular weight is 455 g/mol. The van der Waals surface area contributed by atoms with Crippen LogP contribution in [0.25, 0.3) is 0 Å². The molecule has 0 bridgehead atoms. The number of rotatable bonds is 9. The van der Waals surface area contributed by atoms with Crippen molar-refractivity contribution >= 4 is 39.1 Å². The summed E-state index contributed by atoms with van der Waals surface area (Å²) in [6.45, 7) is 1.80. The molecule has 1 amide bonds. The molecule has 1 unspecified atom stereocenters. The lowest BCUT2D eigenvalue weighted by Gasteiger charge is -2.30. The zero-order valence-corrected chi connectivity index (χ0v) is 19.2. The van der Waals surface area contributed by atoms with Gasteiger partial charge in [-0.15, -0.1) is 11.8 Å². The molecule has 3 rings (SSSR count). The highest BCUT2D eigenvalue weighted by atomic mass is 32.2. The Morgan fingerprint density at radius 1 is 0.935 bits per heavy atom. The number of carbonyl (C=O) groups excluding carboxylic acids is 1. The number of nitrogens with one attached hydrogen (secondary N) is 1. The fourth-order valence-corrected chi connectivity index (χ4v) is 5.32. The molecule has 0 saturated heterocycles. The van der Waals surface area contributed by atoms with Gasteiger partial charge in [0.25, 0.3) is 0 Å². The van der Waals surface area contributed by atoms with E-state index in [9.17, 15) is 13.2 Å². The van der Waals surface area contributed by atoms with Gasteiger partial charge < -0.3 is 5.32 Å².